The van der Waals surface area contributed by atoms with Crippen LogP contribution in [0.2, 0.25) is 80.4 Å². The number of nitrogens with zero attached hydrogens (tertiary/aromatic N) is 4. The number of rotatable bonds is 23. The van der Waals surface area contributed by atoms with Crippen LogP contribution >= 0.6 is 197 Å². The Labute approximate surface area is 932 Å². The molecule has 0 aliphatic heterocycles. The molecule has 12 aromatic carbocycles. The first kappa shape index (κ1) is 118. The van der Waals surface area contributed by atoms with Crippen molar-refractivity contribution in [3.05, 3.63) is 392 Å². The van der Waals surface area contributed by atoms with Gasteiger partial charge in [0.25, 0.3) is 17.1 Å². The maximum Gasteiger partial charge on any atom is 1.00 e. The van der Waals surface area contributed by atoms with Crippen molar-refractivity contribution < 1.29 is 97.8 Å². The van der Waals surface area contributed by atoms with Crippen LogP contribution in [0.1, 0.15) is 63.7 Å². The molecule has 4 aromatic heterocycles. The number of ether oxygens (including phenoxy) is 3. The van der Waals surface area contributed by atoms with Gasteiger partial charge in [0.1, 0.15) is 24.2 Å². The molecular weight excluding hydrogens is 2210 g/mol. The van der Waals surface area contributed by atoms with E-state index in [1.807, 2.05) is 103 Å². The SMILES string of the molecule is CNC(Cc1ccc2nc(-c3c(Cl)cccc3Cl)ccc2c1)C(=O)OC.COC(=O)C(Cc1ccc2nc(-c3c(Cl)cccc3Cl)ccc2c1)NC(=O)c1c(Cl)cccc1Cl.COC(=O)C(N)Cc1ccc2nc(-c3c(Cl)cccc3Cl)ccc2c1.O=C(Cl)c1c(Cl)cccc1Cl.O=C(NC(Cc1ccc2nc(-c3c(Cl)cccc3Cl)ccc2c1)C(=O)O)c1c(Cl)cccc1Cl.O=C(O)c1c(Cl)cccc1Cl.[Na+].[OH-]. The van der Waals surface area contributed by atoms with Gasteiger partial charge in [-0.15, -0.1) is 0 Å². The molecule has 4 unspecified atom stereocenters. The molecule has 0 saturated carbocycles. The zero-order chi connectivity index (χ0) is 103. The van der Waals surface area contributed by atoms with Gasteiger partial charge in [-0.3, -0.25) is 24.0 Å². The summed E-state index contributed by atoms with van der Waals surface area (Å²) in [6.07, 6.45) is 1.18. The number of benzene rings is 12. The third kappa shape index (κ3) is 31.1. The number of aromatic carboxylic acids is 1. The third-order valence-electron chi connectivity index (χ3n) is 21.1. The predicted molar refractivity (Wildman–Crippen MR) is 576 cm³/mol. The van der Waals surface area contributed by atoms with Crippen molar-refractivity contribution in [3.63, 3.8) is 0 Å². The third-order valence-corrected chi connectivity index (χ3v) is 26.3. The van der Waals surface area contributed by atoms with Gasteiger partial charge >= 0.3 is 59.4 Å². The number of aliphatic carboxylic acids is 1. The topological polar surface area (TPSA) is 348 Å². The number of nitrogens with one attached hydrogen (secondary N) is 3. The largest absolute Gasteiger partial charge is 1.00 e. The van der Waals surface area contributed by atoms with Gasteiger partial charge in [0.15, 0.2) is 0 Å². The Morgan fingerprint density at radius 1 is 0.306 bits per heavy atom. The van der Waals surface area contributed by atoms with Crippen molar-refractivity contribution in [2.45, 2.75) is 49.9 Å². The molecule has 0 radical (unpaired) electrons. The van der Waals surface area contributed by atoms with E-state index in [1.165, 1.54) is 45.6 Å². The molecule has 16 rings (SSSR count). The minimum Gasteiger partial charge on any atom is -0.870 e. The number of nitrogens with two attached hydrogens (primary N) is 1. The number of aromatic nitrogens is 4. The molecule has 0 spiro atoms. The number of methoxy groups -OCH3 is 3. The fourth-order valence-corrected chi connectivity index (χ4v) is 19.1. The number of hydrogen-bond acceptors (Lipinski definition) is 18. The first-order chi connectivity index (χ1) is 67.8. The number of amides is 2. The van der Waals surface area contributed by atoms with E-state index in [0.717, 1.165) is 66.0 Å². The number of fused-ring (bicyclic) bond motifs is 4. The van der Waals surface area contributed by atoms with Crippen LogP contribution < -0.4 is 51.2 Å². The summed E-state index contributed by atoms with van der Waals surface area (Å²) in [5.41, 5.74) is 18.0. The number of pyridine rings is 4. The Kier molecular flexibility index (Phi) is 45.5. The molecule has 0 fully saturated rings. The fraction of sp³-hybridized carbons (Fsp3) is 0.115. The minimum atomic E-state index is -1.19. The minimum absolute atomic E-state index is 0. The number of hydrogen-bond donors (Lipinski definition) is 6. The first-order valence-electron chi connectivity index (χ1n) is 41.9. The van der Waals surface area contributed by atoms with Crippen molar-refractivity contribution >= 4 is 288 Å². The zero-order valence-electron chi connectivity index (χ0n) is 75.7. The molecule has 736 valence electrons. The second kappa shape index (κ2) is 55.7. The average Bonchev–Trinajstić information content (AvgIpc) is 0.823. The van der Waals surface area contributed by atoms with Crippen LogP contribution in [0, 0.1) is 0 Å². The van der Waals surface area contributed by atoms with Crippen LogP contribution in [-0.2, 0) is 59.1 Å². The summed E-state index contributed by atoms with van der Waals surface area (Å²) < 4.78 is 14.4. The van der Waals surface area contributed by atoms with Crippen LogP contribution in [0.3, 0.4) is 0 Å². The summed E-state index contributed by atoms with van der Waals surface area (Å²) in [6.45, 7) is 0. The van der Waals surface area contributed by atoms with Gasteiger partial charge in [-0.05, 0) is 224 Å². The monoisotopic (exact) mass is 2280 g/mol. The molecule has 4 heterocycles. The van der Waals surface area contributed by atoms with E-state index in [2.05, 4.69) is 40.6 Å². The fourth-order valence-electron chi connectivity index (χ4n) is 14.2. The summed E-state index contributed by atoms with van der Waals surface area (Å²) in [4.78, 5) is 113. The molecule has 144 heavy (non-hydrogen) atoms. The summed E-state index contributed by atoms with van der Waals surface area (Å²) in [5, 5.41) is 35.1. The Morgan fingerprint density at radius 3 is 0.771 bits per heavy atom. The van der Waals surface area contributed by atoms with Crippen LogP contribution in [0.25, 0.3) is 88.6 Å². The summed E-state index contributed by atoms with van der Waals surface area (Å²) in [5.74, 6) is -4.83. The van der Waals surface area contributed by atoms with Crippen LogP contribution in [0.4, 0.5) is 0 Å². The number of esters is 3. The van der Waals surface area contributed by atoms with E-state index in [0.29, 0.717) is 97.9 Å². The van der Waals surface area contributed by atoms with Crippen molar-refractivity contribution in [2.75, 3.05) is 28.4 Å². The number of likely N-dealkylation sites (N-methyl/N-ethyl adjacent to an activating group) is 1. The van der Waals surface area contributed by atoms with E-state index in [4.69, 9.17) is 218 Å². The van der Waals surface area contributed by atoms with E-state index in [9.17, 15) is 43.5 Å². The van der Waals surface area contributed by atoms with Gasteiger partial charge in [0, 0.05) is 56.6 Å². The van der Waals surface area contributed by atoms with Gasteiger partial charge in [-0.1, -0.05) is 283 Å². The number of carbonyl (C=O) groups excluding carboxylic acids is 6. The second-order valence-corrected chi connectivity index (χ2v) is 37.3. The zero-order valence-corrected chi connectivity index (χ0v) is 90.5. The van der Waals surface area contributed by atoms with E-state index in [-0.39, 0.29) is 122 Å². The second-order valence-electron chi connectivity index (χ2n) is 30.5. The van der Waals surface area contributed by atoms with Gasteiger partial charge in [0.05, 0.1) is 169 Å². The Bertz CT molecular complexity index is 7270. The van der Waals surface area contributed by atoms with Gasteiger partial charge in [-0.25, -0.2) is 34.3 Å². The van der Waals surface area contributed by atoms with Crippen molar-refractivity contribution in [3.8, 4) is 45.0 Å². The Morgan fingerprint density at radius 2 is 0.535 bits per heavy atom. The molecule has 0 bridgehead atoms. The average molecular weight is 2290 g/mol. The molecule has 40 heteroatoms. The summed E-state index contributed by atoms with van der Waals surface area (Å²) in [6, 6.07) is 74.5. The van der Waals surface area contributed by atoms with Gasteiger partial charge < -0.3 is 51.6 Å². The van der Waals surface area contributed by atoms with E-state index >= 15 is 0 Å². The standard InChI is InChI=1S/C26H18Cl4N2O3.C25H16Cl4N2O3.C20H18Cl2N2O2.C19H16Cl2N2O2.C7H3Cl3O.C7H4Cl2O2.Na.H2O/c1-35-26(34)22(32-25(33)24-18(29)6-3-7-19(24)30)13-14-8-10-20-15(12-14)9-11-21(31-20)23-16(27)4-2-5-17(23)28;26-15-3-1-4-16(27)22(15)20-10-8-14-11-13(7-9-19(14)30-20)12-21(25(33)34)31-24(32)23-17(28)5-2-6-18(23)29;1-23-18(20(25)26-2)11-12-6-8-16-13(10-12)7-9-17(24-16)19-14(21)4-3-5-15(19)22;1-25-19(24)15(22)10-11-5-7-16-12(9-11)6-8-17(23-16)18-13(20)3-2-4-14(18)21;2*8-4-2-1-3-5(9)6(4)7(10)11;;/h2-12,22H,13H2,1H3,(H,32,33);1-11,21H,12H2,(H,31,32)(H,33,34);3-10,18,23H,11H2,1-2H3;2-9,15H,10,22H2,1H3;1-3H;1-3H,(H,10,11);;1H2/q;;;;;;+1;/p-1. The maximum atomic E-state index is 12.8. The maximum absolute atomic E-state index is 12.8. The van der Waals surface area contributed by atoms with Crippen LogP contribution in [-0.4, -0.2) is 135 Å². The number of carbonyl (C=O) groups is 8. The van der Waals surface area contributed by atoms with Crippen molar-refractivity contribution in [1.82, 2.24) is 35.9 Å². The molecule has 0 saturated heterocycles. The number of carboxylic acid groups (broad SMARTS) is 2. The molecule has 16 aromatic rings. The Hall–Kier alpha value is -9.95. The summed E-state index contributed by atoms with van der Waals surface area (Å²) in [7, 11) is 5.71. The molecule has 4 atom stereocenters. The summed E-state index contributed by atoms with van der Waals surface area (Å²) >= 11 is 102. The van der Waals surface area contributed by atoms with Crippen LogP contribution in [0.5, 0.6) is 0 Å². The molecule has 8 N–H and O–H groups in total. The predicted octanol–water partition coefficient (Wildman–Crippen LogP) is 25.6. The molecule has 2 amide bonds. The van der Waals surface area contributed by atoms with E-state index in [1.54, 1.807) is 147 Å². The number of carboxylic acids is 2. The normalized spacial score (nSPS) is 11.5. The Balaban J connectivity index is 0.000000200. The smallest absolute Gasteiger partial charge is 0.870 e. The van der Waals surface area contributed by atoms with Gasteiger partial charge in [-0.2, -0.15) is 0 Å². The molecule has 22 nitrogen and oxygen atoms in total. The molecular formula is C104H76Cl17N8NaO14. The van der Waals surface area contributed by atoms with E-state index < -0.39 is 59.1 Å². The molecule has 0 aliphatic carbocycles. The first-order valence-corrected chi connectivity index (χ1v) is 48.3. The van der Waals surface area contributed by atoms with Crippen LogP contribution in [0.15, 0.2) is 267 Å². The van der Waals surface area contributed by atoms with Gasteiger partial charge in [0.2, 0.25) is 0 Å². The molecule has 0 aliphatic rings. The van der Waals surface area contributed by atoms with Crippen molar-refractivity contribution in [2.24, 2.45) is 5.73 Å². The number of halogens is 17. The van der Waals surface area contributed by atoms with Crippen molar-refractivity contribution in [1.29, 1.82) is 0 Å². The quantitative estimate of drug-likeness (QED) is 0.0150.